The number of piperazine rings is 1. The smallest absolute Gasteiger partial charge is 0.156 e. The number of hydrogen-bond donors (Lipinski definition) is 1. The van der Waals surface area contributed by atoms with Crippen LogP contribution in [-0.4, -0.2) is 47.7 Å². The first-order valence-electron chi connectivity index (χ1n) is 10.0. The summed E-state index contributed by atoms with van der Waals surface area (Å²) in [6.07, 6.45) is 1.69. The molecule has 0 unspecified atom stereocenters. The van der Waals surface area contributed by atoms with Crippen molar-refractivity contribution in [3.05, 3.63) is 54.4 Å². The number of rotatable bonds is 3. The molecular formula is C23H25N5O. The Hall–Kier alpha value is -3.28. The lowest BCUT2D eigenvalue weighted by molar-refractivity contribution is 0.414. The van der Waals surface area contributed by atoms with Crippen molar-refractivity contribution >= 4 is 33.4 Å². The predicted molar refractivity (Wildman–Crippen MR) is 118 cm³/mol. The molecule has 0 aliphatic carbocycles. The normalized spacial score (nSPS) is 17.3. The van der Waals surface area contributed by atoms with Crippen molar-refractivity contribution in [3.8, 4) is 5.75 Å². The molecule has 29 heavy (non-hydrogen) atoms. The van der Waals surface area contributed by atoms with Gasteiger partial charge < -0.3 is 19.5 Å². The molecule has 1 aliphatic heterocycles. The minimum Gasteiger partial charge on any atom is -0.497 e. The van der Waals surface area contributed by atoms with Gasteiger partial charge in [0, 0.05) is 42.3 Å². The van der Waals surface area contributed by atoms with Crippen LogP contribution < -0.4 is 14.5 Å². The maximum atomic E-state index is 5.29. The van der Waals surface area contributed by atoms with E-state index >= 15 is 0 Å². The summed E-state index contributed by atoms with van der Waals surface area (Å²) in [6.45, 7) is 7.17. The van der Waals surface area contributed by atoms with Gasteiger partial charge in [-0.3, -0.25) is 0 Å². The molecule has 1 N–H and O–H groups in total. The van der Waals surface area contributed by atoms with E-state index in [9.17, 15) is 0 Å². The monoisotopic (exact) mass is 387 g/mol. The van der Waals surface area contributed by atoms with E-state index in [2.05, 4.69) is 68.9 Å². The van der Waals surface area contributed by atoms with E-state index in [1.165, 1.54) is 16.6 Å². The Morgan fingerprint density at radius 3 is 2.66 bits per heavy atom. The van der Waals surface area contributed by atoms with Crippen LogP contribution in [0.3, 0.4) is 0 Å². The molecule has 0 radical (unpaired) electrons. The number of nitrogens with one attached hydrogen (secondary N) is 1. The van der Waals surface area contributed by atoms with Crippen molar-refractivity contribution in [1.29, 1.82) is 0 Å². The molecular weight excluding hydrogens is 362 g/mol. The van der Waals surface area contributed by atoms with Crippen LogP contribution in [0, 0.1) is 6.92 Å². The van der Waals surface area contributed by atoms with Gasteiger partial charge in [0.2, 0.25) is 0 Å². The number of anilines is 2. The average Bonchev–Trinajstić information content (AvgIpc) is 3.14. The number of aromatic amines is 1. The number of aromatic nitrogens is 3. The highest BCUT2D eigenvalue weighted by Crippen LogP contribution is 2.32. The van der Waals surface area contributed by atoms with Crippen molar-refractivity contribution in [2.45, 2.75) is 19.9 Å². The van der Waals surface area contributed by atoms with E-state index in [1.54, 1.807) is 13.4 Å². The molecule has 3 heterocycles. The number of benzene rings is 2. The molecule has 6 nitrogen and oxygen atoms in total. The second-order valence-electron chi connectivity index (χ2n) is 7.73. The van der Waals surface area contributed by atoms with Gasteiger partial charge in [-0.25, -0.2) is 9.97 Å². The molecule has 1 aliphatic rings. The zero-order valence-corrected chi connectivity index (χ0v) is 17.0. The molecule has 1 atom stereocenters. The van der Waals surface area contributed by atoms with Crippen LogP contribution >= 0.6 is 0 Å². The third kappa shape index (κ3) is 2.95. The van der Waals surface area contributed by atoms with Gasteiger partial charge in [-0.15, -0.1) is 0 Å². The summed E-state index contributed by atoms with van der Waals surface area (Å²) in [4.78, 5) is 17.6. The summed E-state index contributed by atoms with van der Waals surface area (Å²) < 4.78 is 5.29. The van der Waals surface area contributed by atoms with Crippen molar-refractivity contribution in [2.24, 2.45) is 0 Å². The molecule has 2 aromatic heterocycles. The molecule has 4 aromatic rings. The number of fused-ring (bicyclic) bond motifs is 3. The van der Waals surface area contributed by atoms with Crippen LogP contribution in [0.15, 0.2) is 48.8 Å². The fourth-order valence-electron chi connectivity index (χ4n) is 4.45. The number of ether oxygens (including phenoxy) is 1. The third-order valence-corrected chi connectivity index (χ3v) is 5.93. The van der Waals surface area contributed by atoms with Crippen LogP contribution in [0.2, 0.25) is 0 Å². The summed E-state index contributed by atoms with van der Waals surface area (Å²) in [5.41, 5.74) is 5.62. The van der Waals surface area contributed by atoms with E-state index < -0.39 is 0 Å². The second-order valence-corrected chi connectivity index (χ2v) is 7.73. The summed E-state index contributed by atoms with van der Waals surface area (Å²) in [5, 5.41) is 1.19. The van der Waals surface area contributed by atoms with Gasteiger partial charge in [-0.1, -0.05) is 12.1 Å². The van der Waals surface area contributed by atoms with E-state index in [1.807, 2.05) is 12.1 Å². The Labute approximate surface area is 170 Å². The highest BCUT2D eigenvalue weighted by atomic mass is 16.5. The first-order chi connectivity index (χ1) is 14.2. The highest BCUT2D eigenvalue weighted by Gasteiger charge is 2.26. The van der Waals surface area contributed by atoms with Gasteiger partial charge in [-0.05, 0) is 49.7 Å². The van der Waals surface area contributed by atoms with Crippen LogP contribution in [-0.2, 0) is 0 Å². The van der Waals surface area contributed by atoms with Crippen LogP contribution in [0.4, 0.5) is 11.5 Å². The number of aryl methyl sites for hydroxylation is 1. The highest BCUT2D eigenvalue weighted by molar-refractivity contribution is 6.09. The molecule has 1 saturated heterocycles. The topological polar surface area (TPSA) is 57.3 Å². The van der Waals surface area contributed by atoms with Gasteiger partial charge in [0.15, 0.2) is 5.82 Å². The Bertz CT molecular complexity index is 1170. The summed E-state index contributed by atoms with van der Waals surface area (Å²) in [6, 6.07) is 15.0. The van der Waals surface area contributed by atoms with Crippen molar-refractivity contribution < 1.29 is 4.74 Å². The lowest BCUT2D eigenvalue weighted by Crippen LogP contribution is -2.52. The number of hydrogen-bond acceptors (Lipinski definition) is 5. The molecule has 0 saturated carbocycles. The molecule has 5 rings (SSSR count). The fourth-order valence-corrected chi connectivity index (χ4v) is 4.45. The minimum absolute atomic E-state index is 0.369. The summed E-state index contributed by atoms with van der Waals surface area (Å²) >= 11 is 0. The second kappa shape index (κ2) is 6.95. The molecule has 148 valence electrons. The van der Waals surface area contributed by atoms with Gasteiger partial charge in [-0.2, -0.15) is 0 Å². The third-order valence-electron chi connectivity index (χ3n) is 5.93. The van der Waals surface area contributed by atoms with Gasteiger partial charge in [0.25, 0.3) is 0 Å². The minimum atomic E-state index is 0.369. The fraction of sp³-hybridized carbons (Fsp3) is 0.304. The van der Waals surface area contributed by atoms with Crippen molar-refractivity contribution in [3.63, 3.8) is 0 Å². The van der Waals surface area contributed by atoms with Crippen molar-refractivity contribution in [1.82, 2.24) is 15.0 Å². The Kier molecular flexibility index (Phi) is 4.27. The number of nitrogens with zero attached hydrogens (tertiary/aromatic N) is 4. The van der Waals surface area contributed by atoms with E-state index in [0.29, 0.717) is 6.04 Å². The van der Waals surface area contributed by atoms with E-state index in [-0.39, 0.29) is 0 Å². The average molecular weight is 387 g/mol. The standard InChI is InChI=1S/C23H25N5O/c1-15-5-4-6-19-20(15)21-22(26-19)23(25-14-24-21)27-11-12-28(16(2)13-27)17-7-9-18(29-3)10-8-17/h4-10,14,16,26H,11-13H2,1-3H3/t16-/m1/s1. The lowest BCUT2D eigenvalue weighted by Gasteiger charge is -2.41. The maximum absolute atomic E-state index is 5.29. The predicted octanol–water partition coefficient (Wildman–Crippen LogP) is 4.14. The molecule has 0 amide bonds. The SMILES string of the molecule is COc1ccc(N2CCN(c3ncnc4c3[nH]c3cccc(C)c34)C[C@H]2C)cc1. The van der Waals surface area contributed by atoms with Gasteiger partial charge in [0.05, 0.1) is 7.11 Å². The van der Waals surface area contributed by atoms with Crippen LogP contribution in [0.25, 0.3) is 21.9 Å². The molecule has 0 bridgehead atoms. The molecule has 6 heteroatoms. The largest absolute Gasteiger partial charge is 0.497 e. The Morgan fingerprint density at radius 2 is 1.90 bits per heavy atom. The maximum Gasteiger partial charge on any atom is 0.156 e. The zero-order valence-electron chi connectivity index (χ0n) is 17.0. The van der Waals surface area contributed by atoms with Gasteiger partial charge in [0.1, 0.15) is 23.1 Å². The molecule has 1 fully saturated rings. The number of methoxy groups -OCH3 is 1. The molecule has 0 spiro atoms. The Morgan fingerprint density at radius 1 is 1.07 bits per heavy atom. The quantitative estimate of drug-likeness (QED) is 0.572. The molecule has 2 aromatic carbocycles. The first-order valence-corrected chi connectivity index (χ1v) is 10.0. The lowest BCUT2D eigenvalue weighted by atomic mass is 10.1. The van der Waals surface area contributed by atoms with Crippen LogP contribution in [0.5, 0.6) is 5.75 Å². The summed E-state index contributed by atoms with van der Waals surface area (Å²) in [7, 11) is 1.70. The Balaban J connectivity index is 1.46. The van der Waals surface area contributed by atoms with E-state index in [0.717, 1.165) is 47.8 Å². The zero-order chi connectivity index (χ0) is 20.0. The first kappa shape index (κ1) is 17.8. The van der Waals surface area contributed by atoms with Gasteiger partial charge >= 0.3 is 0 Å². The van der Waals surface area contributed by atoms with Crippen molar-refractivity contribution in [2.75, 3.05) is 36.5 Å². The summed E-state index contributed by atoms with van der Waals surface area (Å²) in [5.74, 6) is 1.88. The van der Waals surface area contributed by atoms with Crippen LogP contribution in [0.1, 0.15) is 12.5 Å². The van der Waals surface area contributed by atoms with E-state index in [4.69, 9.17) is 4.74 Å². The number of H-pyrrole nitrogens is 1.